The van der Waals surface area contributed by atoms with Gasteiger partial charge in [-0.05, 0) is 48.7 Å². The monoisotopic (exact) mass is 294 g/mol. The molecule has 0 atom stereocenters. The Kier molecular flexibility index (Phi) is 4.42. The molecule has 1 aromatic heterocycles. The van der Waals surface area contributed by atoms with E-state index >= 15 is 0 Å². The Balaban J connectivity index is 1.87. The first kappa shape index (κ1) is 14.6. The fourth-order valence-corrected chi connectivity index (χ4v) is 2.55. The van der Waals surface area contributed by atoms with Gasteiger partial charge in [-0.2, -0.15) is 5.10 Å². The number of nitrogens with zero attached hydrogens (tertiary/aromatic N) is 2. The summed E-state index contributed by atoms with van der Waals surface area (Å²) >= 11 is 0. The molecule has 0 aliphatic rings. The molecule has 3 heteroatoms. The number of aromatic nitrogens is 2. The fraction of sp³-hybridized carbons (Fsp3) is 0.316. The Morgan fingerprint density at radius 3 is 2.55 bits per heavy atom. The van der Waals surface area contributed by atoms with Gasteiger partial charge in [0.1, 0.15) is 5.75 Å². The first-order valence-electron chi connectivity index (χ1n) is 8.01. The second kappa shape index (κ2) is 6.65. The maximum atomic E-state index is 5.68. The summed E-state index contributed by atoms with van der Waals surface area (Å²) in [6.07, 6.45) is 5.37. The molecule has 0 radical (unpaired) electrons. The highest BCUT2D eigenvalue weighted by Gasteiger charge is 2.04. The minimum atomic E-state index is 0.749. The largest absolute Gasteiger partial charge is 0.494 e. The predicted molar refractivity (Wildman–Crippen MR) is 90.9 cm³/mol. The van der Waals surface area contributed by atoms with Crippen LogP contribution in [0.2, 0.25) is 0 Å². The van der Waals surface area contributed by atoms with Crippen LogP contribution < -0.4 is 4.74 Å². The van der Waals surface area contributed by atoms with Crippen LogP contribution in [-0.2, 0) is 6.42 Å². The normalized spacial score (nSPS) is 11.0. The Labute approximate surface area is 131 Å². The molecule has 3 nitrogen and oxygen atoms in total. The van der Waals surface area contributed by atoms with Crippen LogP contribution >= 0.6 is 0 Å². The smallest absolute Gasteiger partial charge is 0.120 e. The highest BCUT2D eigenvalue weighted by molar-refractivity contribution is 5.80. The Hall–Kier alpha value is -2.29. The van der Waals surface area contributed by atoms with E-state index in [1.165, 1.54) is 12.0 Å². The molecular formula is C19H22N2O. The number of hydrogen-bond acceptors (Lipinski definition) is 2. The average molecular weight is 294 g/mol. The molecule has 0 spiro atoms. The third-order valence-electron chi connectivity index (χ3n) is 3.69. The van der Waals surface area contributed by atoms with Gasteiger partial charge in [0.05, 0.1) is 17.8 Å². The number of aryl methyl sites for hydroxylation is 1. The highest BCUT2D eigenvalue weighted by atomic mass is 16.5. The van der Waals surface area contributed by atoms with Gasteiger partial charge < -0.3 is 4.74 Å². The van der Waals surface area contributed by atoms with Crippen molar-refractivity contribution in [2.45, 2.75) is 33.1 Å². The number of rotatable bonds is 6. The summed E-state index contributed by atoms with van der Waals surface area (Å²) in [6.45, 7) is 5.06. The Morgan fingerprint density at radius 2 is 1.82 bits per heavy atom. The van der Waals surface area contributed by atoms with Crippen LogP contribution in [0.3, 0.4) is 0 Å². The van der Waals surface area contributed by atoms with Crippen LogP contribution in [0, 0.1) is 0 Å². The minimum Gasteiger partial charge on any atom is -0.494 e. The van der Waals surface area contributed by atoms with E-state index in [0.717, 1.165) is 41.8 Å². The first-order chi connectivity index (χ1) is 10.8. The van der Waals surface area contributed by atoms with Crippen LogP contribution in [0.1, 0.15) is 32.3 Å². The van der Waals surface area contributed by atoms with Gasteiger partial charge in [0.2, 0.25) is 0 Å². The molecule has 0 amide bonds. The zero-order valence-electron chi connectivity index (χ0n) is 13.2. The van der Waals surface area contributed by atoms with E-state index in [1.54, 1.807) is 0 Å². The molecule has 0 N–H and O–H groups in total. The summed E-state index contributed by atoms with van der Waals surface area (Å²) in [4.78, 5) is 0. The van der Waals surface area contributed by atoms with Crippen molar-refractivity contribution in [2.24, 2.45) is 0 Å². The Bertz CT molecular complexity index is 744. The lowest BCUT2D eigenvalue weighted by atomic mass is 10.1. The van der Waals surface area contributed by atoms with Crippen molar-refractivity contribution < 1.29 is 4.74 Å². The summed E-state index contributed by atoms with van der Waals surface area (Å²) in [5.41, 5.74) is 3.45. The van der Waals surface area contributed by atoms with Gasteiger partial charge >= 0.3 is 0 Å². The van der Waals surface area contributed by atoms with Crippen molar-refractivity contribution in [1.82, 2.24) is 9.78 Å². The number of fused-ring (bicyclic) bond motifs is 1. The van der Waals surface area contributed by atoms with Crippen molar-refractivity contribution in [2.75, 3.05) is 6.61 Å². The SMILES string of the molecule is CCCOc1ccc2nn(-c3ccc(CCC)cc3)cc2c1. The fourth-order valence-electron chi connectivity index (χ4n) is 2.55. The van der Waals surface area contributed by atoms with E-state index in [2.05, 4.69) is 55.5 Å². The molecule has 114 valence electrons. The van der Waals surface area contributed by atoms with Crippen molar-refractivity contribution in [3.8, 4) is 11.4 Å². The second-order valence-corrected chi connectivity index (χ2v) is 5.56. The molecule has 0 fully saturated rings. The molecule has 0 saturated heterocycles. The van der Waals surface area contributed by atoms with Gasteiger partial charge in [-0.15, -0.1) is 0 Å². The number of ether oxygens (including phenoxy) is 1. The number of benzene rings is 2. The number of hydrogen-bond donors (Lipinski definition) is 0. The topological polar surface area (TPSA) is 27.1 Å². The molecular weight excluding hydrogens is 272 g/mol. The summed E-state index contributed by atoms with van der Waals surface area (Å²) in [5.74, 6) is 0.909. The summed E-state index contributed by atoms with van der Waals surface area (Å²) in [5, 5.41) is 5.74. The van der Waals surface area contributed by atoms with Gasteiger partial charge in [0, 0.05) is 11.6 Å². The summed E-state index contributed by atoms with van der Waals surface area (Å²) in [6, 6.07) is 14.7. The Morgan fingerprint density at radius 1 is 1.00 bits per heavy atom. The zero-order chi connectivity index (χ0) is 15.4. The molecule has 0 saturated carbocycles. The molecule has 0 bridgehead atoms. The molecule has 22 heavy (non-hydrogen) atoms. The maximum absolute atomic E-state index is 5.68. The second-order valence-electron chi connectivity index (χ2n) is 5.56. The molecule has 3 aromatic rings. The molecule has 1 heterocycles. The van der Waals surface area contributed by atoms with Crippen LogP contribution in [-0.4, -0.2) is 16.4 Å². The summed E-state index contributed by atoms with van der Waals surface area (Å²) < 4.78 is 7.62. The lowest BCUT2D eigenvalue weighted by molar-refractivity contribution is 0.318. The van der Waals surface area contributed by atoms with E-state index in [-0.39, 0.29) is 0 Å². The molecule has 2 aromatic carbocycles. The standard InChI is InChI=1S/C19H22N2O/c1-3-5-15-6-8-17(9-7-15)21-14-16-13-18(22-12-4-2)10-11-19(16)20-21/h6-11,13-14H,3-5,12H2,1-2H3. The van der Waals surface area contributed by atoms with E-state index in [1.807, 2.05) is 16.8 Å². The molecule has 0 unspecified atom stereocenters. The minimum absolute atomic E-state index is 0.749. The van der Waals surface area contributed by atoms with E-state index in [9.17, 15) is 0 Å². The highest BCUT2D eigenvalue weighted by Crippen LogP contribution is 2.22. The zero-order valence-corrected chi connectivity index (χ0v) is 13.2. The third kappa shape index (κ3) is 3.14. The van der Waals surface area contributed by atoms with E-state index < -0.39 is 0 Å². The quantitative estimate of drug-likeness (QED) is 0.655. The average Bonchev–Trinajstić information content (AvgIpc) is 2.97. The first-order valence-corrected chi connectivity index (χ1v) is 8.01. The van der Waals surface area contributed by atoms with E-state index in [4.69, 9.17) is 4.74 Å². The molecule has 0 aliphatic carbocycles. The maximum Gasteiger partial charge on any atom is 0.120 e. The van der Waals surface area contributed by atoms with Crippen LogP contribution in [0.25, 0.3) is 16.6 Å². The van der Waals surface area contributed by atoms with Crippen LogP contribution in [0.4, 0.5) is 0 Å². The van der Waals surface area contributed by atoms with Gasteiger partial charge in [0.25, 0.3) is 0 Å². The van der Waals surface area contributed by atoms with Crippen molar-refractivity contribution >= 4 is 10.9 Å². The van der Waals surface area contributed by atoms with Crippen LogP contribution in [0.5, 0.6) is 5.75 Å². The van der Waals surface area contributed by atoms with Crippen molar-refractivity contribution in [1.29, 1.82) is 0 Å². The summed E-state index contributed by atoms with van der Waals surface area (Å²) in [7, 11) is 0. The lowest BCUT2D eigenvalue weighted by Crippen LogP contribution is -1.94. The lowest BCUT2D eigenvalue weighted by Gasteiger charge is -2.03. The van der Waals surface area contributed by atoms with Crippen molar-refractivity contribution in [3.63, 3.8) is 0 Å². The molecule has 3 rings (SSSR count). The van der Waals surface area contributed by atoms with Crippen LogP contribution in [0.15, 0.2) is 48.7 Å². The molecule has 0 aliphatic heterocycles. The van der Waals surface area contributed by atoms with Gasteiger partial charge in [-0.3, -0.25) is 0 Å². The van der Waals surface area contributed by atoms with E-state index in [0.29, 0.717) is 0 Å². The van der Waals surface area contributed by atoms with Gasteiger partial charge in [0.15, 0.2) is 0 Å². The van der Waals surface area contributed by atoms with Gasteiger partial charge in [-0.1, -0.05) is 32.4 Å². The third-order valence-corrected chi connectivity index (χ3v) is 3.69. The predicted octanol–water partition coefficient (Wildman–Crippen LogP) is 4.77. The van der Waals surface area contributed by atoms with Crippen molar-refractivity contribution in [3.05, 3.63) is 54.2 Å². The van der Waals surface area contributed by atoms with Gasteiger partial charge in [-0.25, -0.2) is 4.68 Å².